The number of benzene rings is 2. The number of aromatic nitrogens is 1. The second-order valence-corrected chi connectivity index (χ2v) is 6.91. The second kappa shape index (κ2) is 8.44. The van der Waals surface area contributed by atoms with Crippen LogP contribution in [0.2, 0.25) is 0 Å². The molecular formula is C23H21N5O. The lowest BCUT2D eigenvalue weighted by molar-refractivity contribution is 0.102. The van der Waals surface area contributed by atoms with Crippen molar-refractivity contribution in [3.63, 3.8) is 0 Å². The lowest BCUT2D eigenvalue weighted by Gasteiger charge is -2.17. The van der Waals surface area contributed by atoms with Crippen LogP contribution in [0.4, 0.5) is 22.9 Å². The molecule has 1 amide bonds. The number of carbonyl (C=O) groups is 1. The molecule has 0 radical (unpaired) electrons. The second-order valence-electron chi connectivity index (χ2n) is 6.91. The maximum atomic E-state index is 12.4. The van der Waals surface area contributed by atoms with Crippen molar-refractivity contribution in [2.24, 2.45) is 0 Å². The van der Waals surface area contributed by atoms with Crippen LogP contribution >= 0.6 is 0 Å². The van der Waals surface area contributed by atoms with Crippen molar-refractivity contribution in [3.05, 3.63) is 78.0 Å². The number of hydrogen-bond acceptors (Lipinski definition) is 5. The minimum atomic E-state index is -0.304. The van der Waals surface area contributed by atoms with Gasteiger partial charge < -0.3 is 15.5 Å². The minimum absolute atomic E-state index is 0.304. The van der Waals surface area contributed by atoms with E-state index in [9.17, 15) is 4.79 Å². The van der Waals surface area contributed by atoms with Gasteiger partial charge >= 0.3 is 0 Å². The summed E-state index contributed by atoms with van der Waals surface area (Å²) in [5, 5.41) is 15.1. The maximum absolute atomic E-state index is 12.4. The Morgan fingerprint density at radius 2 is 1.76 bits per heavy atom. The first-order chi connectivity index (χ1) is 14.2. The van der Waals surface area contributed by atoms with E-state index in [0.717, 1.165) is 18.8 Å². The Hall–Kier alpha value is -3.85. The average Bonchev–Trinajstić information content (AvgIpc) is 3.30. The lowest BCUT2D eigenvalue weighted by Crippen LogP contribution is -2.17. The van der Waals surface area contributed by atoms with Gasteiger partial charge in [0.05, 0.1) is 16.8 Å². The quantitative estimate of drug-likeness (QED) is 0.676. The molecule has 0 spiro atoms. The summed E-state index contributed by atoms with van der Waals surface area (Å²) < 4.78 is 0. The van der Waals surface area contributed by atoms with Gasteiger partial charge in [-0.1, -0.05) is 12.1 Å². The Morgan fingerprint density at radius 1 is 1.00 bits per heavy atom. The molecule has 3 aromatic rings. The molecule has 0 aliphatic carbocycles. The summed E-state index contributed by atoms with van der Waals surface area (Å²) >= 11 is 0. The number of amides is 1. The van der Waals surface area contributed by atoms with Crippen LogP contribution in [0.5, 0.6) is 0 Å². The molecule has 1 fully saturated rings. The first-order valence-corrected chi connectivity index (χ1v) is 9.61. The maximum Gasteiger partial charge on any atom is 0.257 e. The number of nitrogens with zero attached hydrogens (tertiary/aromatic N) is 3. The van der Waals surface area contributed by atoms with Gasteiger partial charge in [0.25, 0.3) is 5.91 Å². The summed E-state index contributed by atoms with van der Waals surface area (Å²) in [7, 11) is 0. The van der Waals surface area contributed by atoms with Crippen LogP contribution in [-0.2, 0) is 0 Å². The molecule has 144 valence electrons. The summed E-state index contributed by atoms with van der Waals surface area (Å²) in [6, 6.07) is 20.7. The molecule has 0 bridgehead atoms. The third-order valence-electron chi connectivity index (χ3n) is 4.93. The van der Waals surface area contributed by atoms with Gasteiger partial charge in [-0.15, -0.1) is 0 Å². The third-order valence-corrected chi connectivity index (χ3v) is 4.93. The molecule has 4 rings (SSSR count). The van der Waals surface area contributed by atoms with Gasteiger partial charge in [0.2, 0.25) is 0 Å². The van der Waals surface area contributed by atoms with Crippen LogP contribution in [0.3, 0.4) is 0 Å². The average molecular weight is 383 g/mol. The number of pyridine rings is 1. The molecule has 29 heavy (non-hydrogen) atoms. The molecular weight excluding hydrogens is 362 g/mol. The summed E-state index contributed by atoms with van der Waals surface area (Å²) in [6.45, 7) is 2.24. The number of nitriles is 1. The minimum Gasteiger partial charge on any atom is -0.372 e. The van der Waals surface area contributed by atoms with Crippen LogP contribution in [0, 0.1) is 11.3 Å². The number of para-hydroxylation sites is 1. The van der Waals surface area contributed by atoms with Gasteiger partial charge in [-0.3, -0.25) is 4.79 Å². The van der Waals surface area contributed by atoms with E-state index < -0.39 is 0 Å². The standard InChI is InChI=1S/C23H21N5O/c24-15-17-5-1-2-6-21(17)27-23(29)18-7-12-22(25-16-18)26-19-8-10-20(11-9-19)28-13-3-4-14-28/h1-2,5-12,16H,3-4,13-14H2,(H,25,26)(H,27,29). The first kappa shape index (κ1) is 18.5. The number of nitrogens with one attached hydrogen (secondary N) is 2. The highest BCUT2D eigenvalue weighted by molar-refractivity contribution is 6.04. The smallest absolute Gasteiger partial charge is 0.257 e. The molecule has 0 unspecified atom stereocenters. The van der Waals surface area contributed by atoms with Crippen molar-refractivity contribution in [3.8, 4) is 6.07 Å². The summed E-state index contributed by atoms with van der Waals surface area (Å²) in [5.74, 6) is 0.356. The van der Waals surface area contributed by atoms with E-state index in [4.69, 9.17) is 5.26 Å². The molecule has 2 N–H and O–H groups in total. The molecule has 0 atom stereocenters. The van der Waals surface area contributed by atoms with E-state index in [1.54, 1.807) is 36.4 Å². The molecule has 1 aliphatic heterocycles. The van der Waals surface area contributed by atoms with E-state index in [1.165, 1.54) is 24.7 Å². The summed E-state index contributed by atoms with van der Waals surface area (Å²) in [6.07, 6.45) is 4.03. The first-order valence-electron chi connectivity index (χ1n) is 9.61. The van der Waals surface area contributed by atoms with E-state index >= 15 is 0 Å². The van der Waals surface area contributed by atoms with Crippen LogP contribution < -0.4 is 15.5 Å². The number of hydrogen-bond donors (Lipinski definition) is 2. The van der Waals surface area contributed by atoms with Crippen LogP contribution in [0.15, 0.2) is 66.9 Å². The van der Waals surface area contributed by atoms with Gasteiger partial charge in [-0.2, -0.15) is 5.26 Å². The van der Waals surface area contributed by atoms with E-state index in [-0.39, 0.29) is 5.91 Å². The van der Waals surface area contributed by atoms with Crippen molar-refractivity contribution in [1.82, 2.24) is 4.98 Å². The fourth-order valence-corrected chi connectivity index (χ4v) is 3.37. The fourth-order valence-electron chi connectivity index (χ4n) is 3.37. The van der Waals surface area contributed by atoms with Crippen molar-refractivity contribution in [1.29, 1.82) is 5.26 Å². The fraction of sp³-hybridized carbons (Fsp3) is 0.174. The molecule has 2 heterocycles. The predicted octanol–water partition coefficient (Wildman–Crippen LogP) is 4.55. The zero-order chi connectivity index (χ0) is 20.1. The molecule has 2 aromatic carbocycles. The van der Waals surface area contributed by atoms with Crippen LogP contribution in [0.1, 0.15) is 28.8 Å². The van der Waals surface area contributed by atoms with Gasteiger partial charge in [-0.25, -0.2) is 4.98 Å². The molecule has 1 aliphatic rings. The highest BCUT2D eigenvalue weighted by Crippen LogP contribution is 2.23. The van der Waals surface area contributed by atoms with Crippen LogP contribution in [-0.4, -0.2) is 24.0 Å². The van der Waals surface area contributed by atoms with Gasteiger partial charge in [0, 0.05) is 30.7 Å². The molecule has 6 nitrogen and oxygen atoms in total. The van der Waals surface area contributed by atoms with Gasteiger partial charge in [-0.05, 0) is 61.4 Å². The number of anilines is 4. The van der Waals surface area contributed by atoms with Crippen LogP contribution in [0.25, 0.3) is 0 Å². The highest BCUT2D eigenvalue weighted by atomic mass is 16.1. The van der Waals surface area contributed by atoms with E-state index in [2.05, 4.69) is 38.7 Å². The van der Waals surface area contributed by atoms with E-state index in [1.807, 2.05) is 12.1 Å². The highest BCUT2D eigenvalue weighted by Gasteiger charge is 2.12. The summed E-state index contributed by atoms with van der Waals surface area (Å²) in [4.78, 5) is 19.2. The molecule has 1 aromatic heterocycles. The molecule has 1 saturated heterocycles. The Labute approximate surface area is 169 Å². The Morgan fingerprint density at radius 3 is 2.45 bits per heavy atom. The zero-order valence-corrected chi connectivity index (χ0v) is 15.9. The van der Waals surface area contributed by atoms with Crippen molar-refractivity contribution < 1.29 is 4.79 Å². The normalized spacial score (nSPS) is 13.0. The monoisotopic (exact) mass is 383 g/mol. The SMILES string of the molecule is N#Cc1ccccc1NC(=O)c1ccc(Nc2ccc(N3CCCC3)cc2)nc1. The Kier molecular flexibility index (Phi) is 5.39. The predicted molar refractivity (Wildman–Crippen MR) is 115 cm³/mol. The molecule has 0 saturated carbocycles. The number of carbonyl (C=O) groups excluding carboxylic acids is 1. The van der Waals surface area contributed by atoms with Gasteiger partial charge in [0.15, 0.2) is 0 Å². The zero-order valence-electron chi connectivity index (χ0n) is 15.9. The van der Waals surface area contributed by atoms with Gasteiger partial charge in [0.1, 0.15) is 11.9 Å². The van der Waals surface area contributed by atoms with Crippen molar-refractivity contribution in [2.75, 3.05) is 28.6 Å². The lowest BCUT2D eigenvalue weighted by atomic mass is 10.2. The van der Waals surface area contributed by atoms with E-state index in [0.29, 0.717) is 22.6 Å². The topological polar surface area (TPSA) is 81.0 Å². The Bertz CT molecular complexity index is 1030. The van der Waals surface area contributed by atoms with Crippen molar-refractivity contribution >= 4 is 28.8 Å². The largest absolute Gasteiger partial charge is 0.372 e. The molecule has 6 heteroatoms. The summed E-state index contributed by atoms with van der Waals surface area (Å²) in [5.41, 5.74) is 3.52. The third kappa shape index (κ3) is 4.36. The number of rotatable bonds is 5. The van der Waals surface area contributed by atoms with Crippen molar-refractivity contribution in [2.45, 2.75) is 12.8 Å². The Balaban J connectivity index is 1.40.